The Bertz CT molecular complexity index is 637. The summed E-state index contributed by atoms with van der Waals surface area (Å²) in [5.74, 6) is 0.232. The van der Waals surface area contributed by atoms with Crippen molar-refractivity contribution in [3.8, 4) is 0 Å². The van der Waals surface area contributed by atoms with E-state index in [9.17, 15) is 4.79 Å². The van der Waals surface area contributed by atoms with Crippen LogP contribution < -0.4 is 16.0 Å². The summed E-state index contributed by atoms with van der Waals surface area (Å²) in [6, 6.07) is 8.00. The Kier molecular flexibility index (Phi) is 4.79. The number of hydrogen-bond donors (Lipinski definition) is 2. The number of anilines is 3. The molecule has 8 heteroatoms. The van der Waals surface area contributed by atoms with Crippen LogP contribution in [0.3, 0.4) is 0 Å². The summed E-state index contributed by atoms with van der Waals surface area (Å²) in [5, 5.41) is 10.9. The number of carbonyl (C=O) groups is 1. The number of thioether (sulfide) groups is 1. The number of carbonyl (C=O) groups excluding carboxylic acids is 1. The van der Waals surface area contributed by atoms with Crippen molar-refractivity contribution in [1.82, 2.24) is 10.2 Å². The number of benzene rings is 1. The summed E-state index contributed by atoms with van der Waals surface area (Å²) in [4.78, 5) is 14.3. The molecule has 0 spiro atoms. The van der Waals surface area contributed by atoms with Gasteiger partial charge in [-0.2, -0.15) is 0 Å². The van der Waals surface area contributed by atoms with Crippen LogP contribution in [0.5, 0.6) is 0 Å². The molecule has 0 radical (unpaired) electrons. The summed E-state index contributed by atoms with van der Waals surface area (Å²) < 4.78 is 0.706. The third-order valence-corrected chi connectivity index (χ3v) is 5.26. The molecule has 1 aromatic heterocycles. The Morgan fingerprint density at radius 1 is 1.27 bits per heavy atom. The first kappa shape index (κ1) is 15.1. The van der Waals surface area contributed by atoms with Gasteiger partial charge in [-0.15, -0.1) is 10.2 Å². The zero-order valence-corrected chi connectivity index (χ0v) is 13.6. The Hall–Kier alpha value is -1.80. The minimum absolute atomic E-state index is 0.0623. The Morgan fingerprint density at radius 3 is 2.64 bits per heavy atom. The zero-order chi connectivity index (χ0) is 15.4. The fraction of sp³-hybridized carbons (Fsp3) is 0.357. The molecule has 0 atom stereocenters. The summed E-state index contributed by atoms with van der Waals surface area (Å²) in [6.45, 7) is 2.24. The monoisotopic (exact) mass is 335 g/mol. The van der Waals surface area contributed by atoms with Gasteiger partial charge >= 0.3 is 0 Å². The van der Waals surface area contributed by atoms with Gasteiger partial charge in [0.05, 0.1) is 5.75 Å². The highest BCUT2D eigenvalue weighted by molar-refractivity contribution is 8.01. The van der Waals surface area contributed by atoms with E-state index in [0.717, 1.165) is 18.8 Å². The molecule has 0 saturated carbocycles. The van der Waals surface area contributed by atoms with Gasteiger partial charge in [-0.1, -0.05) is 23.1 Å². The van der Waals surface area contributed by atoms with Crippen LogP contribution in [0.4, 0.5) is 16.5 Å². The average molecular weight is 335 g/mol. The van der Waals surface area contributed by atoms with Gasteiger partial charge < -0.3 is 16.0 Å². The van der Waals surface area contributed by atoms with Crippen molar-refractivity contribution < 1.29 is 4.79 Å². The van der Waals surface area contributed by atoms with Crippen LogP contribution in [0, 0.1) is 0 Å². The molecular weight excluding hydrogens is 318 g/mol. The van der Waals surface area contributed by atoms with Crippen LogP contribution in [0.25, 0.3) is 0 Å². The molecule has 116 valence electrons. The van der Waals surface area contributed by atoms with Gasteiger partial charge in [0.2, 0.25) is 11.0 Å². The second-order valence-electron chi connectivity index (χ2n) is 4.98. The van der Waals surface area contributed by atoms with E-state index in [1.165, 1.54) is 41.6 Å². The topological polar surface area (TPSA) is 84.1 Å². The third kappa shape index (κ3) is 3.89. The molecule has 6 nitrogen and oxygen atoms in total. The van der Waals surface area contributed by atoms with Crippen LogP contribution in [-0.2, 0) is 4.79 Å². The van der Waals surface area contributed by atoms with Crippen LogP contribution in [0.1, 0.15) is 12.8 Å². The summed E-state index contributed by atoms with van der Waals surface area (Å²) in [7, 11) is 0. The number of nitrogens with one attached hydrogen (secondary N) is 1. The van der Waals surface area contributed by atoms with Crippen molar-refractivity contribution in [3.05, 3.63) is 24.3 Å². The highest BCUT2D eigenvalue weighted by Gasteiger charge is 2.12. The highest BCUT2D eigenvalue weighted by Crippen LogP contribution is 2.24. The normalized spacial score (nSPS) is 14.3. The predicted molar refractivity (Wildman–Crippen MR) is 91.6 cm³/mol. The molecule has 2 heterocycles. The summed E-state index contributed by atoms with van der Waals surface area (Å²) in [5.41, 5.74) is 7.53. The Balaban J connectivity index is 1.50. The predicted octanol–water partition coefficient (Wildman–Crippen LogP) is 2.45. The second-order valence-corrected chi connectivity index (χ2v) is 7.22. The van der Waals surface area contributed by atoms with Crippen molar-refractivity contribution >= 4 is 45.5 Å². The second kappa shape index (κ2) is 6.97. The number of nitrogen functional groups attached to an aromatic ring is 1. The molecule has 3 N–H and O–H groups in total. The van der Waals surface area contributed by atoms with E-state index in [1.54, 1.807) is 0 Å². The van der Waals surface area contributed by atoms with Gasteiger partial charge in [-0.05, 0) is 37.1 Å². The first-order valence-electron chi connectivity index (χ1n) is 7.07. The molecule has 22 heavy (non-hydrogen) atoms. The van der Waals surface area contributed by atoms with E-state index < -0.39 is 0 Å². The summed E-state index contributed by atoms with van der Waals surface area (Å²) >= 11 is 2.62. The van der Waals surface area contributed by atoms with Crippen molar-refractivity contribution in [3.63, 3.8) is 0 Å². The van der Waals surface area contributed by atoms with Gasteiger partial charge in [0.25, 0.3) is 0 Å². The van der Waals surface area contributed by atoms with Crippen LogP contribution in [-0.4, -0.2) is 34.9 Å². The first-order valence-corrected chi connectivity index (χ1v) is 8.87. The number of amides is 1. The molecule has 1 aliphatic heterocycles. The fourth-order valence-electron chi connectivity index (χ4n) is 2.33. The van der Waals surface area contributed by atoms with Gasteiger partial charge in [-0.3, -0.25) is 4.79 Å². The highest BCUT2D eigenvalue weighted by atomic mass is 32.2. The number of aromatic nitrogens is 2. The SMILES string of the molecule is Nc1nnc(SCC(=O)Nc2ccc(N3CCCC3)cc2)s1. The maximum Gasteiger partial charge on any atom is 0.234 e. The van der Waals surface area contributed by atoms with Gasteiger partial charge in [-0.25, -0.2) is 0 Å². The van der Waals surface area contributed by atoms with Crippen molar-refractivity contribution in [2.45, 2.75) is 17.2 Å². The number of nitrogens with zero attached hydrogens (tertiary/aromatic N) is 3. The molecular formula is C14H17N5OS2. The number of rotatable bonds is 5. The van der Waals surface area contributed by atoms with Crippen molar-refractivity contribution in [2.24, 2.45) is 0 Å². The molecule has 1 amide bonds. The van der Waals surface area contributed by atoms with Gasteiger partial charge in [0, 0.05) is 24.5 Å². The van der Waals surface area contributed by atoms with Crippen molar-refractivity contribution in [1.29, 1.82) is 0 Å². The molecule has 0 aliphatic carbocycles. The van der Waals surface area contributed by atoms with Crippen molar-refractivity contribution in [2.75, 3.05) is 34.8 Å². The van der Waals surface area contributed by atoms with Crippen LogP contribution in [0.15, 0.2) is 28.6 Å². The minimum Gasteiger partial charge on any atom is -0.374 e. The first-order chi connectivity index (χ1) is 10.7. The number of hydrogen-bond acceptors (Lipinski definition) is 7. The van der Waals surface area contributed by atoms with Crippen LogP contribution in [0.2, 0.25) is 0 Å². The lowest BCUT2D eigenvalue weighted by Gasteiger charge is -2.17. The molecule has 1 aromatic carbocycles. The third-order valence-electron chi connectivity index (χ3n) is 3.37. The quantitative estimate of drug-likeness (QED) is 0.817. The van der Waals surface area contributed by atoms with E-state index in [4.69, 9.17) is 5.73 Å². The lowest BCUT2D eigenvalue weighted by Crippen LogP contribution is -2.18. The van der Waals surface area contributed by atoms with E-state index in [1.807, 2.05) is 12.1 Å². The fourth-order valence-corrected chi connectivity index (χ4v) is 3.77. The lowest BCUT2D eigenvalue weighted by molar-refractivity contribution is -0.113. The van der Waals surface area contributed by atoms with Gasteiger partial charge in [0.15, 0.2) is 4.34 Å². The van der Waals surface area contributed by atoms with E-state index in [-0.39, 0.29) is 5.91 Å². The molecule has 0 bridgehead atoms. The Labute approximate surface area is 137 Å². The standard InChI is InChI=1S/C14H17N5OS2/c15-13-17-18-14(22-13)21-9-12(20)16-10-3-5-11(6-4-10)19-7-1-2-8-19/h3-6H,1-2,7-9H2,(H2,15,17)(H,16,20). The maximum atomic E-state index is 11.9. The smallest absolute Gasteiger partial charge is 0.234 e. The average Bonchev–Trinajstić information content (AvgIpc) is 3.17. The molecule has 1 saturated heterocycles. The molecule has 3 rings (SSSR count). The summed E-state index contributed by atoms with van der Waals surface area (Å²) in [6.07, 6.45) is 2.51. The van der Waals surface area contributed by atoms with Crippen LogP contribution >= 0.6 is 23.1 Å². The minimum atomic E-state index is -0.0623. The van der Waals surface area contributed by atoms with E-state index in [0.29, 0.717) is 15.2 Å². The van der Waals surface area contributed by atoms with E-state index >= 15 is 0 Å². The Morgan fingerprint density at radius 2 is 2.00 bits per heavy atom. The molecule has 1 aliphatic rings. The number of nitrogens with two attached hydrogens (primary N) is 1. The zero-order valence-electron chi connectivity index (χ0n) is 12.0. The molecule has 0 unspecified atom stereocenters. The lowest BCUT2D eigenvalue weighted by atomic mass is 10.2. The maximum absolute atomic E-state index is 11.9. The molecule has 2 aromatic rings. The van der Waals surface area contributed by atoms with E-state index in [2.05, 4.69) is 32.5 Å². The molecule has 1 fully saturated rings. The largest absolute Gasteiger partial charge is 0.374 e. The van der Waals surface area contributed by atoms with Gasteiger partial charge in [0.1, 0.15) is 0 Å².